The number of nitrogens with one attached hydrogen (secondary N) is 4. The first-order chi connectivity index (χ1) is 38.3. The molecule has 0 unspecified atom stereocenters. The van der Waals surface area contributed by atoms with Crippen LogP contribution in [-0.2, 0) is 6.42 Å². The van der Waals surface area contributed by atoms with Crippen LogP contribution < -0.4 is 61.2 Å². The van der Waals surface area contributed by atoms with Crippen LogP contribution in [0.15, 0.2) is 84.9 Å². The van der Waals surface area contributed by atoms with E-state index in [4.69, 9.17) is 49.9 Å². The number of aromatic nitrogens is 2. The van der Waals surface area contributed by atoms with Crippen LogP contribution in [0.25, 0.3) is 22.1 Å². The highest BCUT2D eigenvalue weighted by atomic mass is 16.6. The molecule has 0 atom stereocenters. The number of hydrogen-bond donors (Lipinski definition) is 6. The first-order valence-corrected chi connectivity index (χ1v) is 26.7. The Labute approximate surface area is 462 Å². The molecule has 0 radical (unpaired) electrons. The molecule has 7 aromatic rings. The average Bonchev–Trinajstić information content (AvgIpc) is 3.51. The summed E-state index contributed by atoms with van der Waals surface area (Å²) in [7, 11) is 9.16. The van der Waals surface area contributed by atoms with E-state index in [1.807, 2.05) is 36.4 Å². The highest BCUT2D eigenvalue weighted by molar-refractivity contribution is 5.90. The van der Waals surface area contributed by atoms with Crippen molar-refractivity contribution in [2.75, 3.05) is 88.5 Å². The second-order valence-electron chi connectivity index (χ2n) is 18.9. The first-order valence-electron chi connectivity index (χ1n) is 26.7. The number of anilines is 8. The second kappa shape index (κ2) is 29.7. The van der Waals surface area contributed by atoms with Crippen molar-refractivity contribution in [2.24, 2.45) is 0 Å². The molecule has 20 nitrogen and oxygen atoms in total. The molecule has 8 N–H and O–H groups in total. The third-order valence-corrected chi connectivity index (χ3v) is 13.3. The fraction of sp³-hybridized carbons (Fsp3) is 0.390. The van der Waals surface area contributed by atoms with Gasteiger partial charge in [0.25, 0.3) is 11.4 Å². The molecule has 7 rings (SSSR count). The van der Waals surface area contributed by atoms with Crippen LogP contribution in [-0.4, -0.2) is 75.6 Å². The van der Waals surface area contributed by atoms with Gasteiger partial charge in [-0.15, -0.1) is 0 Å². The summed E-state index contributed by atoms with van der Waals surface area (Å²) in [6, 6.07) is 24.6. The number of ether oxygens (including phenoxy) is 6. The van der Waals surface area contributed by atoms with Crippen LogP contribution in [0.3, 0.4) is 0 Å². The quantitative estimate of drug-likeness (QED) is 0.00803. The SMILES string of the molecule is CCCCCCCCNc1ccc(Nc2cc(Nc3cc(OC)c(OC)c(OC)c3)c([N+](=O)[O-])cc2[N+](=O)[O-])c(N)c1.CCCCCCCCNc1ccc2nc3cc(Cc4cc(OC)c(OC)c(OC)c4)c(N)cc3nc2c1. The molecular formula is C59H76N10O10. The maximum absolute atomic E-state index is 11.9. The summed E-state index contributed by atoms with van der Waals surface area (Å²) < 4.78 is 32.5. The van der Waals surface area contributed by atoms with Gasteiger partial charge in [-0.2, -0.15) is 0 Å². The highest BCUT2D eigenvalue weighted by Crippen LogP contribution is 2.44. The lowest BCUT2D eigenvalue weighted by molar-refractivity contribution is -0.393. The van der Waals surface area contributed by atoms with E-state index >= 15 is 0 Å². The number of nitrogens with two attached hydrogens (primary N) is 2. The molecule has 1 aromatic heterocycles. The number of nitrogen functional groups attached to an aromatic ring is 2. The fourth-order valence-corrected chi connectivity index (χ4v) is 9.10. The Bertz CT molecular complexity index is 3130. The lowest BCUT2D eigenvalue weighted by Gasteiger charge is -2.16. The fourth-order valence-electron chi connectivity index (χ4n) is 9.10. The van der Waals surface area contributed by atoms with Crippen LogP contribution in [0.1, 0.15) is 102 Å². The van der Waals surface area contributed by atoms with Gasteiger partial charge in [-0.05, 0) is 97.1 Å². The van der Waals surface area contributed by atoms with Gasteiger partial charge in [0.05, 0.1) is 92.0 Å². The molecule has 0 aliphatic rings. The highest BCUT2D eigenvalue weighted by Gasteiger charge is 2.26. The zero-order valence-corrected chi connectivity index (χ0v) is 46.7. The van der Waals surface area contributed by atoms with Gasteiger partial charge in [0, 0.05) is 48.0 Å². The van der Waals surface area contributed by atoms with Crippen molar-refractivity contribution in [3.05, 3.63) is 116 Å². The van der Waals surface area contributed by atoms with Gasteiger partial charge in [-0.1, -0.05) is 78.1 Å². The third kappa shape index (κ3) is 16.2. The Hall–Kier alpha value is -8.68. The number of methoxy groups -OCH3 is 6. The first kappa shape index (κ1) is 59.6. The molecule has 0 aliphatic carbocycles. The number of benzene rings is 6. The number of rotatable bonds is 30. The van der Waals surface area contributed by atoms with Crippen molar-refractivity contribution < 1.29 is 38.3 Å². The van der Waals surface area contributed by atoms with Gasteiger partial charge in [-0.3, -0.25) is 20.2 Å². The van der Waals surface area contributed by atoms with Crippen LogP contribution in [0.2, 0.25) is 0 Å². The Morgan fingerprint density at radius 3 is 1.44 bits per heavy atom. The van der Waals surface area contributed by atoms with Crippen LogP contribution in [0.5, 0.6) is 34.5 Å². The summed E-state index contributed by atoms with van der Waals surface area (Å²) in [6.07, 6.45) is 15.4. The smallest absolute Gasteiger partial charge is 0.299 e. The molecule has 20 heteroatoms. The Kier molecular flexibility index (Phi) is 22.4. The molecule has 0 amide bonds. The van der Waals surface area contributed by atoms with Gasteiger partial charge in [0.15, 0.2) is 23.0 Å². The molecule has 0 saturated heterocycles. The van der Waals surface area contributed by atoms with Crippen molar-refractivity contribution in [3.63, 3.8) is 0 Å². The number of nitrogens with zero attached hydrogens (tertiary/aromatic N) is 4. The molecule has 6 aromatic carbocycles. The lowest BCUT2D eigenvalue weighted by Crippen LogP contribution is -2.05. The van der Waals surface area contributed by atoms with Crippen LogP contribution in [0.4, 0.5) is 56.9 Å². The van der Waals surface area contributed by atoms with Crippen molar-refractivity contribution in [3.8, 4) is 34.5 Å². The van der Waals surface area contributed by atoms with E-state index in [0.29, 0.717) is 63.7 Å². The van der Waals surface area contributed by atoms with Gasteiger partial charge >= 0.3 is 0 Å². The molecule has 0 spiro atoms. The molecule has 0 aliphatic heterocycles. The second-order valence-corrected chi connectivity index (χ2v) is 18.9. The number of unbranched alkanes of at least 4 members (excludes halogenated alkanes) is 10. The summed E-state index contributed by atoms with van der Waals surface area (Å²) in [5.41, 5.74) is 20.8. The Morgan fingerprint density at radius 1 is 0.456 bits per heavy atom. The minimum atomic E-state index is -0.699. The minimum absolute atomic E-state index is 0.00170. The van der Waals surface area contributed by atoms with Crippen LogP contribution >= 0.6 is 0 Å². The summed E-state index contributed by atoms with van der Waals surface area (Å²) in [6.45, 7) is 6.22. The van der Waals surface area contributed by atoms with E-state index < -0.39 is 21.2 Å². The third-order valence-electron chi connectivity index (χ3n) is 13.3. The maximum Gasteiger partial charge on any atom is 0.299 e. The zero-order valence-electron chi connectivity index (χ0n) is 46.7. The number of hydrogen-bond acceptors (Lipinski definition) is 18. The van der Waals surface area contributed by atoms with E-state index in [-0.39, 0.29) is 11.4 Å². The average molecular weight is 1090 g/mol. The van der Waals surface area contributed by atoms with Gasteiger partial charge in [-0.25, -0.2) is 9.97 Å². The maximum atomic E-state index is 11.9. The largest absolute Gasteiger partial charge is 0.493 e. The molecule has 422 valence electrons. The van der Waals surface area contributed by atoms with E-state index in [1.54, 1.807) is 45.6 Å². The normalized spacial score (nSPS) is 10.8. The molecule has 1 heterocycles. The van der Waals surface area contributed by atoms with E-state index in [9.17, 15) is 20.2 Å². The number of fused-ring (bicyclic) bond motifs is 2. The number of nitro benzene ring substituents is 2. The summed E-state index contributed by atoms with van der Waals surface area (Å²) in [5.74, 6) is 2.77. The topological polar surface area (TPSA) is 268 Å². The Morgan fingerprint density at radius 2 is 0.924 bits per heavy atom. The van der Waals surface area contributed by atoms with Crippen LogP contribution in [0, 0.1) is 20.2 Å². The van der Waals surface area contributed by atoms with E-state index in [1.165, 1.54) is 91.6 Å². The summed E-state index contributed by atoms with van der Waals surface area (Å²) in [4.78, 5) is 32.1. The van der Waals surface area contributed by atoms with Crippen molar-refractivity contribution in [1.82, 2.24) is 9.97 Å². The van der Waals surface area contributed by atoms with Gasteiger partial charge < -0.3 is 61.2 Å². The molecular weight excluding hydrogens is 1010 g/mol. The van der Waals surface area contributed by atoms with Gasteiger partial charge in [0.1, 0.15) is 11.4 Å². The molecule has 0 fully saturated rings. The standard InChI is InChI=1S/C30H38N4O3.C29H38N6O7/c1-5-6-7-8-9-10-13-32-22-11-12-24-26(18-22)34-27-19-23(31)21(17-25(27)33-24)14-20-15-28(35-2)30(37-4)29(16-20)36-3;1-5-6-7-8-9-10-13-31-19-11-12-22(21(30)14-19)33-24-17-23(25(34(36)37)18-26(24)35(38)39)32-20-15-27(40-2)29(42-4)28(16-20)41-3/h11-12,15-19,32H,5-10,13-14,31H2,1-4H3;11-12,14-18,31-33H,5-10,13,30H2,1-4H3. The van der Waals surface area contributed by atoms with Crippen molar-refractivity contribution in [1.29, 1.82) is 0 Å². The lowest BCUT2D eigenvalue weighted by atomic mass is 10.0. The minimum Gasteiger partial charge on any atom is -0.493 e. The molecule has 79 heavy (non-hydrogen) atoms. The Balaban J connectivity index is 0.000000257. The van der Waals surface area contributed by atoms with Crippen molar-refractivity contribution >= 4 is 78.9 Å². The predicted octanol–water partition coefficient (Wildman–Crippen LogP) is 14.1. The predicted molar refractivity (Wildman–Crippen MR) is 317 cm³/mol. The molecule has 0 saturated carbocycles. The van der Waals surface area contributed by atoms with E-state index in [2.05, 4.69) is 47.2 Å². The van der Waals surface area contributed by atoms with E-state index in [0.717, 1.165) is 76.6 Å². The van der Waals surface area contributed by atoms with Crippen molar-refractivity contribution in [2.45, 2.75) is 97.3 Å². The summed E-state index contributed by atoms with van der Waals surface area (Å²) in [5, 5.41) is 36.6. The molecule has 0 bridgehead atoms. The van der Waals surface area contributed by atoms with Gasteiger partial charge in [0.2, 0.25) is 11.5 Å². The zero-order chi connectivity index (χ0) is 56.8. The summed E-state index contributed by atoms with van der Waals surface area (Å²) >= 11 is 0. The number of nitro groups is 2. The monoisotopic (exact) mass is 1080 g/mol.